The lowest BCUT2D eigenvalue weighted by molar-refractivity contribution is -0.137. The van der Waals surface area contributed by atoms with Crippen molar-refractivity contribution in [3.63, 3.8) is 0 Å². The molecule has 2 aliphatic rings. The molecule has 2 N–H and O–H groups in total. The molecule has 2 unspecified atom stereocenters. The van der Waals surface area contributed by atoms with Crippen LogP contribution in [0.15, 0.2) is 0 Å². The molecule has 2 heterocycles. The molecule has 6 heteroatoms. The number of carboxylic acid groups (broad SMARTS) is 1. The van der Waals surface area contributed by atoms with Crippen LogP contribution in [0.2, 0.25) is 0 Å². The van der Waals surface area contributed by atoms with E-state index in [0.29, 0.717) is 18.6 Å². The Hall–Kier alpha value is -1.30. The van der Waals surface area contributed by atoms with E-state index < -0.39 is 5.97 Å². The van der Waals surface area contributed by atoms with Crippen LogP contribution in [-0.4, -0.2) is 65.2 Å². The summed E-state index contributed by atoms with van der Waals surface area (Å²) < 4.78 is 0. The second-order valence-electron chi connectivity index (χ2n) is 6.34. The fraction of sp³-hybridized carbons (Fsp3) is 0.867. The number of carbonyl (C=O) groups excluding carboxylic acids is 1. The molecule has 2 fully saturated rings. The van der Waals surface area contributed by atoms with Gasteiger partial charge in [-0.1, -0.05) is 13.3 Å². The van der Waals surface area contributed by atoms with Gasteiger partial charge < -0.3 is 20.2 Å². The second-order valence-corrected chi connectivity index (χ2v) is 6.34. The zero-order valence-corrected chi connectivity index (χ0v) is 13.0. The summed E-state index contributed by atoms with van der Waals surface area (Å²) in [5.41, 5.74) is 0. The molecule has 120 valence electrons. The van der Waals surface area contributed by atoms with E-state index in [-0.39, 0.29) is 18.6 Å². The minimum atomic E-state index is -0.959. The Bertz CT molecular complexity index is 374. The summed E-state index contributed by atoms with van der Waals surface area (Å²) in [5, 5.41) is 12.0. The quantitative estimate of drug-likeness (QED) is 0.807. The van der Waals surface area contributed by atoms with Gasteiger partial charge in [-0.3, -0.25) is 4.79 Å². The first-order valence-corrected chi connectivity index (χ1v) is 8.00. The minimum absolute atomic E-state index is 0.178. The molecule has 6 nitrogen and oxygen atoms in total. The third-order valence-electron chi connectivity index (χ3n) is 4.77. The van der Waals surface area contributed by atoms with Crippen LogP contribution in [0.5, 0.6) is 0 Å². The monoisotopic (exact) mass is 297 g/mol. The molecule has 0 aromatic heterocycles. The molecule has 2 rings (SSSR count). The lowest BCUT2D eigenvalue weighted by Crippen LogP contribution is -2.57. The number of piperidine rings is 2. The number of carbonyl (C=O) groups is 2. The third kappa shape index (κ3) is 4.09. The van der Waals surface area contributed by atoms with Gasteiger partial charge in [-0.25, -0.2) is 4.79 Å². The summed E-state index contributed by atoms with van der Waals surface area (Å²) in [6, 6.07) is 1.06. The van der Waals surface area contributed by atoms with Crippen LogP contribution < -0.4 is 5.32 Å². The fourth-order valence-electron chi connectivity index (χ4n) is 3.69. The number of nitrogens with zero attached hydrogens (tertiary/aromatic N) is 2. The molecule has 2 amide bonds. The van der Waals surface area contributed by atoms with Gasteiger partial charge in [-0.15, -0.1) is 0 Å². The van der Waals surface area contributed by atoms with Gasteiger partial charge in [0.2, 0.25) is 0 Å². The molecule has 21 heavy (non-hydrogen) atoms. The van der Waals surface area contributed by atoms with Crippen molar-refractivity contribution in [1.29, 1.82) is 0 Å². The van der Waals surface area contributed by atoms with E-state index in [2.05, 4.69) is 17.3 Å². The molecular weight excluding hydrogens is 270 g/mol. The number of fused-ring (bicyclic) bond motifs is 2. The molecule has 0 aliphatic carbocycles. The zero-order chi connectivity index (χ0) is 15.4. The van der Waals surface area contributed by atoms with Gasteiger partial charge in [0, 0.05) is 24.7 Å². The Morgan fingerprint density at radius 2 is 1.90 bits per heavy atom. The number of urea groups is 1. The second kappa shape index (κ2) is 7.11. The number of rotatable bonds is 5. The van der Waals surface area contributed by atoms with Gasteiger partial charge in [0.15, 0.2) is 0 Å². The number of nitrogens with one attached hydrogen (secondary N) is 1. The lowest BCUT2D eigenvalue weighted by atomic mass is 9.82. The van der Waals surface area contributed by atoms with Crippen molar-refractivity contribution in [2.75, 3.05) is 20.1 Å². The first kappa shape index (κ1) is 16.1. The van der Waals surface area contributed by atoms with Gasteiger partial charge in [0.25, 0.3) is 0 Å². The Labute approximate surface area is 126 Å². The van der Waals surface area contributed by atoms with E-state index in [1.165, 1.54) is 24.2 Å². The van der Waals surface area contributed by atoms with E-state index in [4.69, 9.17) is 5.11 Å². The Morgan fingerprint density at radius 3 is 2.43 bits per heavy atom. The maximum absolute atomic E-state index is 12.3. The minimum Gasteiger partial charge on any atom is -0.480 e. The maximum atomic E-state index is 12.3. The molecule has 0 spiro atoms. The summed E-state index contributed by atoms with van der Waals surface area (Å²) >= 11 is 0. The predicted molar refractivity (Wildman–Crippen MR) is 80.2 cm³/mol. The molecule has 2 saturated heterocycles. The molecule has 0 radical (unpaired) electrons. The Balaban J connectivity index is 1.90. The van der Waals surface area contributed by atoms with E-state index in [1.54, 1.807) is 0 Å². The van der Waals surface area contributed by atoms with E-state index >= 15 is 0 Å². The summed E-state index contributed by atoms with van der Waals surface area (Å²) in [4.78, 5) is 27.0. The van der Waals surface area contributed by atoms with Crippen molar-refractivity contribution in [2.45, 2.75) is 63.6 Å². The van der Waals surface area contributed by atoms with Gasteiger partial charge in [-0.2, -0.15) is 0 Å². The molecule has 2 bridgehead atoms. The number of carboxylic acids is 1. The van der Waals surface area contributed by atoms with Crippen molar-refractivity contribution in [1.82, 2.24) is 15.1 Å². The van der Waals surface area contributed by atoms with Gasteiger partial charge in [0.05, 0.1) is 0 Å². The van der Waals surface area contributed by atoms with Gasteiger partial charge in [-0.05, 0) is 39.2 Å². The highest BCUT2D eigenvalue weighted by atomic mass is 16.4. The maximum Gasteiger partial charge on any atom is 0.323 e. The first-order valence-electron chi connectivity index (χ1n) is 8.00. The number of hydrogen-bond donors (Lipinski definition) is 2. The lowest BCUT2D eigenvalue weighted by Gasteiger charge is -2.47. The van der Waals surface area contributed by atoms with Crippen molar-refractivity contribution in [2.24, 2.45) is 0 Å². The van der Waals surface area contributed by atoms with Crippen LogP contribution in [0.3, 0.4) is 0 Å². The van der Waals surface area contributed by atoms with Crippen LogP contribution >= 0.6 is 0 Å². The molecule has 2 atom stereocenters. The smallest absolute Gasteiger partial charge is 0.323 e. The Kier molecular flexibility index (Phi) is 5.45. The van der Waals surface area contributed by atoms with Crippen molar-refractivity contribution < 1.29 is 14.7 Å². The van der Waals surface area contributed by atoms with E-state index in [9.17, 15) is 9.59 Å². The summed E-state index contributed by atoms with van der Waals surface area (Å²) in [7, 11) is 2.18. The highest BCUT2D eigenvalue weighted by molar-refractivity contribution is 5.80. The summed E-state index contributed by atoms with van der Waals surface area (Å²) in [5.74, 6) is -0.959. The number of aliphatic carboxylic acids is 1. The third-order valence-corrected chi connectivity index (χ3v) is 4.77. The van der Waals surface area contributed by atoms with Crippen LogP contribution in [-0.2, 0) is 4.79 Å². The normalized spacial score (nSPS) is 29.0. The molecule has 0 aromatic rings. The average Bonchev–Trinajstić information content (AvgIpc) is 2.39. The standard InChI is InChI=1S/C15H27N3O3/c1-3-7-18(10-14(19)20)15(21)16-11-8-12-5-4-6-13(9-11)17(12)2/h11-13H,3-10H2,1-2H3,(H,16,21)(H,19,20). The van der Waals surface area contributed by atoms with Gasteiger partial charge >= 0.3 is 12.0 Å². The average molecular weight is 297 g/mol. The number of amides is 2. The highest BCUT2D eigenvalue weighted by Crippen LogP contribution is 2.32. The Morgan fingerprint density at radius 1 is 1.29 bits per heavy atom. The zero-order valence-electron chi connectivity index (χ0n) is 13.0. The van der Waals surface area contributed by atoms with Crippen LogP contribution in [0.25, 0.3) is 0 Å². The van der Waals surface area contributed by atoms with Crippen LogP contribution in [0, 0.1) is 0 Å². The van der Waals surface area contributed by atoms with Crippen molar-refractivity contribution in [3.05, 3.63) is 0 Å². The summed E-state index contributed by atoms with van der Waals surface area (Å²) in [6.45, 7) is 2.21. The SMILES string of the molecule is CCCN(CC(=O)O)C(=O)NC1CC2CCCC(C1)N2C. The predicted octanol–water partition coefficient (Wildman–Crippen LogP) is 1.51. The van der Waals surface area contributed by atoms with E-state index in [0.717, 1.165) is 19.3 Å². The van der Waals surface area contributed by atoms with Crippen molar-refractivity contribution in [3.8, 4) is 0 Å². The topological polar surface area (TPSA) is 72.9 Å². The van der Waals surface area contributed by atoms with Crippen LogP contribution in [0.4, 0.5) is 4.79 Å². The molecular formula is C15H27N3O3. The molecule has 0 saturated carbocycles. The first-order chi connectivity index (χ1) is 10.0. The van der Waals surface area contributed by atoms with Crippen LogP contribution in [0.1, 0.15) is 45.4 Å². The van der Waals surface area contributed by atoms with Crippen molar-refractivity contribution >= 4 is 12.0 Å². The molecule has 0 aromatic carbocycles. The van der Waals surface area contributed by atoms with E-state index in [1.807, 2.05) is 6.92 Å². The number of hydrogen-bond acceptors (Lipinski definition) is 3. The highest BCUT2D eigenvalue weighted by Gasteiger charge is 2.36. The van der Waals surface area contributed by atoms with Gasteiger partial charge in [0.1, 0.15) is 6.54 Å². The largest absolute Gasteiger partial charge is 0.480 e. The summed E-state index contributed by atoms with van der Waals surface area (Å²) in [6.07, 6.45) is 6.40. The molecule has 2 aliphatic heterocycles. The fourth-order valence-corrected chi connectivity index (χ4v) is 3.69.